The second-order valence-corrected chi connectivity index (χ2v) is 7.47. The van der Waals surface area contributed by atoms with E-state index in [1.807, 2.05) is 30.4 Å². The molecule has 0 spiro atoms. The van der Waals surface area contributed by atoms with Crippen LogP contribution in [0.3, 0.4) is 0 Å². The van der Waals surface area contributed by atoms with Gasteiger partial charge in [-0.2, -0.15) is 5.10 Å². The summed E-state index contributed by atoms with van der Waals surface area (Å²) in [4.78, 5) is 18.5. The van der Waals surface area contributed by atoms with E-state index in [2.05, 4.69) is 15.4 Å². The number of fused-ring (bicyclic) bond motifs is 1. The van der Waals surface area contributed by atoms with Crippen LogP contribution in [0.1, 0.15) is 58.3 Å². The van der Waals surface area contributed by atoms with Crippen LogP contribution in [0.2, 0.25) is 0 Å². The minimum Gasteiger partial charge on any atom is -0.444 e. The molecule has 23 heavy (non-hydrogen) atoms. The predicted molar refractivity (Wildman–Crippen MR) is 86.0 cm³/mol. The van der Waals surface area contributed by atoms with Gasteiger partial charge in [-0.25, -0.2) is 14.5 Å². The van der Waals surface area contributed by atoms with Crippen molar-refractivity contribution in [3.8, 4) is 0 Å². The first-order chi connectivity index (χ1) is 10.9. The van der Waals surface area contributed by atoms with Gasteiger partial charge in [0.1, 0.15) is 17.8 Å². The number of hydrogen-bond acceptors (Lipinski definition) is 5. The van der Waals surface area contributed by atoms with Crippen LogP contribution in [0, 0.1) is 0 Å². The maximum absolute atomic E-state index is 12.3. The molecule has 1 amide bonds. The molecule has 1 aromatic rings. The fourth-order valence-electron chi connectivity index (χ4n) is 3.34. The van der Waals surface area contributed by atoms with E-state index in [0.717, 1.165) is 44.6 Å². The summed E-state index contributed by atoms with van der Waals surface area (Å²) in [5, 5.41) is 7.94. The van der Waals surface area contributed by atoms with Crippen molar-refractivity contribution in [2.24, 2.45) is 0 Å². The van der Waals surface area contributed by atoms with E-state index in [0.29, 0.717) is 6.54 Å². The lowest BCUT2D eigenvalue weighted by Gasteiger charge is -2.36. The Kier molecular flexibility index (Phi) is 4.57. The summed E-state index contributed by atoms with van der Waals surface area (Å²) in [5.41, 5.74) is -0.447. The molecule has 0 unspecified atom stereocenters. The standard InChI is InChI=1S/C16H27N5O2/c1-16(2,3)23-15(22)20-8-4-6-12(10-20)19-13-7-5-9-21-14(13)17-11-18-21/h11-13,19H,4-10H2,1-3H3/t12-,13+/m0/s1. The normalized spacial score (nSPS) is 25.1. The molecular weight excluding hydrogens is 294 g/mol. The number of nitrogens with zero attached hydrogens (tertiary/aromatic N) is 4. The topological polar surface area (TPSA) is 72.3 Å². The molecule has 0 saturated carbocycles. The van der Waals surface area contributed by atoms with Crippen molar-refractivity contribution in [1.29, 1.82) is 0 Å². The Hall–Kier alpha value is -1.63. The van der Waals surface area contributed by atoms with E-state index in [1.54, 1.807) is 6.33 Å². The largest absolute Gasteiger partial charge is 0.444 e. The van der Waals surface area contributed by atoms with Crippen molar-refractivity contribution in [3.63, 3.8) is 0 Å². The number of rotatable bonds is 2. The van der Waals surface area contributed by atoms with E-state index < -0.39 is 5.60 Å². The molecule has 0 aromatic carbocycles. The van der Waals surface area contributed by atoms with Gasteiger partial charge < -0.3 is 15.0 Å². The average molecular weight is 321 g/mol. The number of likely N-dealkylation sites (tertiary alicyclic amines) is 1. The van der Waals surface area contributed by atoms with Crippen LogP contribution in [-0.2, 0) is 11.3 Å². The highest BCUT2D eigenvalue weighted by atomic mass is 16.6. The summed E-state index contributed by atoms with van der Waals surface area (Å²) in [6.07, 6.45) is 5.66. The van der Waals surface area contributed by atoms with Gasteiger partial charge in [0.25, 0.3) is 0 Å². The zero-order valence-electron chi connectivity index (χ0n) is 14.3. The quantitative estimate of drug-likeness (QED) is 0.903. The maximum atomic E-state index is 12.3. The first-order valence-electron chi connectivity index (χ1n) is 8.54. The van der Waals surface area contributed by atoms with Gasteiger partial charge >= 0.3 is 6.09 Å². The van der Waals surface area contributed by atoms with Gasteiger partial charge in [0.15, 0.2) is 0 Å². The van der Waals surface area contributed by atoms with Crippen molar-refractivity contribution < 1.29 is 9.53 Å². The molecule has 7 heteroatoms. The lowest BCUT2D eigenvalue weighted by Crippen LogP contribution is -2.50. The molecule has 7 nitrogen and oxygen atoms in total. The molecule has 0 aliphatic carbocycles. The number of aryl methyl sites for hydroxylation is 1. The van der Waals surface area contributed by atoms with Gasteiger partial charge in [0.05, 0.1) is 6.04 Å². The third kappa shape index (κ3) is 4.02. The highest BCUT2D eigenvalue weighted by Gasteiger charge is 2.30. The molecule has 1 fully saturated rings. The Morgan fingerprint density at radius 3 is 2.87 bits per heavy atom. The molecule has 0 radical (unpaired) electrons. The molecular formula is C16H27N5O2. The van der Waals surface area contributed by atoms with Gasteiger partial charge in [0, 0.05) is 25.7 Å². The van der Waals surface area contributed by atoms with Crippen LogP contribution < -0.4 is 5.32 Å². The summed E-state index contributed by atoms with van der Waals surface area (Å²) in [6, 6.07) is 0.513. The summed E-state index contributed by atoms with van der Waals surface area (Å²) < 4.78 is 7.47. The number of aromatic nitrogens is 3. The molecule has 2 aliphatic rings. The number of hydrogen-bond donors (Lipinski definition) is 1. The SMILES string of the molecule is CC(C)(C)OC(=O)N1CCC[C@H](N[C@@H]2CCCn3ncnc32)C1. The highest BCUT2D eigenvalue weighted by molar-refractivity contribution is 5.68. The fraction of sp³-hybridized carbons (Fsp3) is 0.812. The van der Waals surface area contributed by atoms with E-state index in [4.69, 9.17) is 4.74 Å². The molecule has 128 valence electrons. The minimum absolute atomic E-state index is 0.212. The van der Waals surface area contributed by atoms with E-state index in [-0.39, 0.29) is 18.2 Å². The monoisotopic (exact) mass is 321 g/mol. The third-order valence-corrected chi connectivity index (χ3v) is 4.33. The second-order valence-electron chi connectivity index (χ2n) is 7.47. The number of amides is 1. The van der Waals surface area contributed by atoms with Crippen molar-refractivity contribution in [1.82, 2.24) is 25.0 Å². The summed E-state index contributed by atoms with van der Waals surface area (Å²) in [7, 11) is 0. The van der Waals surface area contributed by atoms with Gasteiger partial charge in [-0.05, 0) is 46.5 Å². The molecule has 0 bridgehead atoms. The fourth-order valence-corrected chi connectivity index (χ4v) is 3.34. The number of piperidine rings is 1. The lowest BCUT2D eigenvalue weighted by molar-refractivity contribution is 0.0181. The Morgan fingerprint density at radius 2 is 2.09 bits per heavy atom. The van der Waals surface area contributed by atoms with Crippen LogP contribution in [0.4, 0.5) is 4.79 Å². The first kappa shape index (κ1) is 16.2. The predicted octanol–water partition coefficient (Wildman–Crippen LogP) is 2.10. The molecule has 3 heterocycles. The number of carbonyl (C=O) groups is 1. The first-order valence-corrected chi connectivity index (χ1v) is 8.54. The smallest absolute Gasteiger partial charge is 0.410 e. The second kappa shape index (κ2) is 6.47. The lowest BCUT2D eigenvalue weighted by atomic mass is 10.0. The summed E-state index contributed by atoms with van der Waals surface area (Å²) in [6.45, 7) is 8.12. The molecule has 2 aliphatic heterocycles. The van der Waals surface area contributed by atoms with E-state index in [9.17, 15) is 4.79 Å². The number of carbonyl (C=O) groups excluding carboxylic acids is 1. The van der Waals surface area contributed by atoms with Crippen molar-refractivity contribution >= 4 is 6.09 Å². The number of ether oxygens (including phenoxy) is 1. The Bertz CT molecular complexity index is 551. The summed E-state index contributed by atoms with van der Waals surface area (Å²) in [5.74, 6) is 1.02. The van der Waals surface area contributed by atoms with Crippen LogP contribution in [0.5, 0.6) is 0 Å². The van der Waals surface area contributed by atoms with Crippen LogP contribution in [-0.4, -0.2) is 50.5 Å². The van der Waals surface area contributed by atoms with Crippen LogP contribution >= 0.6 is 0 Å². The Morgan fingerprint density at radius 1 is 1.30 bits per heavy atom. The molecule has 3 rings (SSSR count). The van der Waals surface area contributed by atoms with Gasteiger partial charge in [-0.1, -0.05) is 0 Å². The van der Waals surface area contributed by atoms with E-state index >= 15 is 0 Å². The maximum Gasteiger partial charge on any atom is 0.410 e. The number of nitrogens with one attached hydrogen (secondary N) is 1. The molecule has 1 aromatic heterocycles. The van der Waals surface area contributed by atoms with Crippen molar-refractivity contribution in [3.05, 3.63) is 12.2 Å². The van der Waals surface area contributed by atoms with Crippen LogP contribution in [0.25, 0.3) is 0 Å². The average Bonchev–Trinajstić information content (AvgIpc) is 2.95. The molecule has 2 atom stereocenters. The zero-order valence-corrected chi connectivity index (χ0v) is 14.3. The molecule has 1 saturated heterocycles. The van der Waals surface area contributed by atoms with Gasteiger partial charge in [-0.3, -0.25) is 0 Å². The zero-order chi connectivity index (χ0) is 16.4. The minimum atomic E-state index is -0.447. The van der Waals surface area contributed by atoms with Crippen molar-refractivity contribution in [2.45, 2.75) is 70.7 Å². The highest BCUT2D eigenvalue weighted by Crippen LogP contribution is 2.24. The van der Waals surface area contributed by atoms with Crippen LogP contribution in [0.15, 0.2) is 6.33 Å². The third-order valence-electron chi connectivity index (χ3n) is 4.33. The Balaban J connectivity index is 1.59. The van der Waals surface area contributed by atoms with Gasteiger partial charge in [0.2, 0.25) is 0 Å². The van der Waals surface area contributed by atoms with E-state index in [1.165, 1.54) is 0 Å². The molecule has 1 N–H and O–H groups in total. The van der Waals surface area contributed by atoms with Crippen molar-refractivity contribution in [2.75, 3.05) is 13.1 Å². The van der Waals surface area contributed by atoms with Gasteiger partial charge in [-0.15, -0.1) is 0 Å². The Labute approximate surface area is 137 Å². The summed E-state index contributed by atoms with van der Waals surface area (Å²) >= 11 is 0.